The molecule has 1 saturated heterocycles. The molecule has 3 rings (SSSR count). The van der Waals surface area contributed by atoms with E-state index in [1.165, 1.54) is 5.56 Å². The average Bonchev–Trinajstić information content (AvgIpc) is 2.92. The van der Waals surface area contributed by atoms with Crippen LogP contribution in [0.2, 0.25) is 0 Å². The van der Waals surface area contributed by atoms with E-state index in [-0.39, 0.29) is 6.10 Å². The van der Waals surface area contributed by atoms with Crippen molar-refractivity contribution in [3.05, 3.63) is 35.6 Å². The van der Waals surface area contributed by atoms with Gasteiger partial charge in [0.15, 0.2) is 5.82 Å². The summed E-state index contributed by atoms with van der Waals surface area (Å²) in [7, 11) is 1.64. The first-order valence-corrected chi connectivity index (χ1v) is 8.41. The third-order valence-corrected chi connectivity index (χ3v) is 4.37. The van der Waals surface area contributed by atoms with Crippen LogP contribution in [0.25, 0.3) is 0 Å². The molecule has 0 aliphatic carbocycles. The van der Waals surface area contributed by atoms with Gasteiger partial charge >= 0.3 is 0 Å². The molecular formula is C17H25N5O2. The standard InChI is InChI=1S/C17H25N5O2/c1-13-5-6-18-15(11-13)22-8-4-7-21(9-10-22)12-16-19-17(20-24-16)14(2)23-3/h5-6,11,14H,4,7-10,12H2,1-3H3. The molecule has 2 aromatic heterocycles. The molecule has 130 valence electrons. The maximum Gasteiger partial charge on any atom is 0.240 e. The quantitative estimate of drug-likeness (QED) is 0.832. The molecular weight excluding hydrogens is 306 g/mol. The first-order valence-electron chi connectivity index (χ1n) is 8.41. The summed E-state index contributed by atoms with van der Waals surface area (Å²) in [5.41, 5.74) is 1.24. The Hall–Kier alpha value is -1.99. The molecule has 1 aliphatic rings. The van der Waals surface area contributed by atoms with Crippen LogP contribution in [-0.4, -0.2) is 53.3 Å². The summed E-state index contributed by atoms with van der Waals surface area (Å²) in [4.78, 5) is 13.6. The number of rotatable bonds is 5. The molecule has 1 fully saturated rings. The molecule has 0 amide bonds. The van der Waals surface area contributed by atoms with Crippen LogP contribution in [0.4, 0.5) is 5.82 Å². The number of methoxy groups -OCH3 is 1. The zero-order valence-corrected chi connectivity index (χ0v) is 14.6. The summed E-state index contributed by atoms with van der Waals surface area (Å²) in [6.45, 7) is 8.62. The lowest BCUT2D eigenvalue weighted by Crippen LogP contribution is -2.31. The van der Waals surface area contributed by atoms with E-state index in [1.54, 1.807) is 7.11 Å². The van der Waals surface area contributed by atoms with Crippen LogP contribution in [0.15, 0.2) is 22.9 Å². The Bertz CT molecular complexity index is 660. The van der Waals surface area contributed by atoms with Crippen LogP contribution in [0, 0.1) is 6.92 Å². The molecule has 0 spiro atoms. The molecule has 24 heavy (non-hydrogen) atoms. The second-order valence-corrected chi connectivity index (χ2v) is 6.23. The van der Waals surface area contributed by atoms with Gasteiger partial charge in [0, 0.05) is 39.5 Å². The third kappa shape index (κ3) is 4.10. The van der Waals surface area contributed by atoms with Gasteiger partial charge in [-0.25, -0.2) is 4.98 Å². The summed E-state index contributed by atoms with van der Waals surface area (Å²) in [5.74, 6) is 2.31. The molecule has 0 bridgehead atoms. The van der Waals surface area contributed by atoms with Gasteiger partial charge in [0.1, 0.15) is 11.9 Å². The zero-order chi connectivity index (χ0) is 16.9. The molecule has 0 aromatic carbocycles. The zero-order valence-electron chi connectivity index (χ0n) is 14.6. The van der Waals surface area contributed by atoms with Gasteiger partial charge in [-0.2, -0.15) is 4.98 Å². The maximum absolute atomic E-state index is 5.35. The highest BCUT2D eigenvalue weighted by molar-refractivity contribution is 5.40. The van der Waals surface area contributed by atoms with E-state index in [9.17, 15) is 0 Å². The van der Waals surface area contributed by atoms with Crippen molar-refractivity contribution < 1.29 is 9.26 Å². The highest BCUT2D eigenvalue weighted by Gasteiger charge is 2.19. The SMILES string of the molecule is COC(C)c1noc(CN2CCCN(c3cc(C)ccn3)CC2)n1. The first-order chi connectivity index (χ1) is 11.7. The fourth-order valence-electron chi connectivity index (χ4n) is 2.85. The van der Waals surface area contributed by atoms with Crippen molar-refractivity contribution in [3.8, 4) is 0 Å². The summed E-state index contributed by atoms with van der Waals surface area (Å²) >= 11 is 0. The summed E-state index contributed by atoms with van der Waals surface area (Å²) < 4.78 is 10.6. The lowest BCUT2D eigenvalue weighted by Gasteiger charge is -2.22. The lowest BCUT2D eigenvalue weighted by molar-refractivity contribution is 0.109. The van der Waals surface area contributed by atoms with Crippen molar-refractivity contribution in [2.45, 2.75) is 32.9 Å². The van der Waals surface area contributed by atoms with Gasteiger partial charge in [0.25, 0.3) is 0 Å². The van der Waals surface area contributed by atoms with Crippen molar-refractivity contribution in [1.82, 2.24) is 20.0 Å². The predicted molar refractivity (Wildman–Crippen MR) is 90.8 cm³/mol. The summed E-state index contributed by atoms with van der Waals surface area (Å²) in [6.07, 6.45) is 2.82. The number of nitrogens with zero attached hydrogens (tertiary/aromatic N) is 5. The second-order valence-electron chi connectivity index (χ2n) is 6.23. The van der Waals surface area contributed by atoms with Crippen molar-refractivity contribution in [3.63, 3.8) is 0 Å². The monoisotopic (exact) mass is 331 g/mol. The normalized spacial score (nSPS) is 17.7. The van der Waals surface area contributed by atoms with Crippen LogP contribution in [0.3, 0.4) is 0 Å². The van der Waals surface area contributed by atoms with Crippen LogP contribution in [0.1, 0.15) is 36.7 Å². The minimum absolute atomic E-state index is 0.144. The highest BCUT2D eigenvalue weighted by Crippen LogP contribution is 2.17. The molecule has 1 aliphatic heterocycles. The number of anilines is 1. The van der Waals surface area contributed by atoms with Crippen molar-refractivity contribution in [2.75, 3.05) is 38.2 Å². The van der Waals surface area contributed by atoms with Crippen LogP contribution in [0.5, 0.6) is 0 Å². The number of hydrogen-bond donors (Lipinski definition) is 0. The fraction of sp³-hybridized carbons (Fsp3) is 0.588. The van der Waals surface area contributed by atoms with Crippen molar-refractivity contribution in [1.29, 1.82) is 0 Å². The first kappa shape index (κ1) is 16.9. The van der Waals surface area contributed by atoms with E-state index in [4.69, 9.17) is 9.26 Å². The van der Waals surface area contributed by atoms with Gasteiger partial charge in [-0.05, 0) is 38.0 Å². The van der Waals surface area contributed by atoms with E-state index in [0.717, 1.165) is 38.4 Å². The van der Waals surface area contributed by atoms with E-state index in [1.807, 2.05) is 19.2 Å². The van der Waals surface area contributed by atoms with Crippen molar-refractivity contribution in [2.24, 2.45) is 0 Å². The second kappa shape index (κ2) is 7.72. The van der Waals surface area contributed by atoms with Crippen LogP contribution >= 0.6 is 0 Å². The number of hydrogen-bond acceptors (Lipinski definition) is 7. The summed E-state index contributed by atoms with van der Waals surface area (Å²) in [5, 5.41) is 3.99. The highest BCUT2D eigenvalue weighted by atomic mass is 16.5. The lowest BCUT2D eigenvalue weighted by atomic mass is 10.3. The van der Waals surface area contributed by atoms with Gasteiger partial charge in [0.2, 0.25) is 5.89 Å². The maximum atomic E-state index is 5.35. The average molecular weight is 331 g/mol. The number of ether oxygens (including phenoxy) is 1. The number of pyridine rings is 1. The van der Waals surface area contributed by atoms with E-state index < -0.39 is 0 Å². The fourth-order valence-corrected chi connectivity index (χ4v) is 2.85. The Kier molecular flexibility index (Phi) is 5.42. The topological polar surface area (TPSA) is 67.5 Å². The Balaban J connectivity index is 1.58. The van der Waals surface area contributed by atoms with E-state index in [0.29, 0.717) is 18.3 Å². The number of aromatic nitrogens is 3. The van der Waals surface area contributed by atoms with Crippen LogP contribution < -0.4 is 4.90 Å². The number of aryl methyl sites for hydroxylation is 1. The Labute approximate surface area is 142 Å². The molecule has 7 nitrogen and oxygen atoms in total. The van der Waals surface area contributed by atoms with E-state index in [2.05, 4.69) is 37.9 Å². The van der Waals surface area contributed by atoms with Crippen molar-refractivity contribution >= 4 is 5.82 Å². The smallest absolute Gasteiger partial charge is 0.240 e. The van der Waals surface area contributed by atoms with E-state index >= 15 is 0 Å². The molecule has 1 unspecified atom stereocenters. The van der Waals surface area contributed by atoms with Crippen LogP contribution in [-0.2, 0) is 11.3 Å². The molecule has 0 radical (unpaired) electrons. The summed E-state index contributed by atoms with van der Waals surface area (Å²) in [6, 6.07) is 4.17. The predicted octanol–water partition coefficient (Wildman–Crippen LogP) is 2.19. The van der Waals surface area contributed by atoms with Gasteiger partial charge in [-0.1, -0.05) is 5.16 Å². The van der Waals surface area contributed by atoms with Gasteiger partial charge in [-0.15, -0.1) is 0 Å². The molecule has 3 heterocycles. The minimum Gasteiger partial charge on any atom is -0.374 e. The Morgan fingerprint density at radius 2 is 2.17 bits per heavy atom. The van der Waals surface area contributed by atoms with Gasteiger partial charge in [-0.3, -0.25) is 4.90 Å². The molecule has 7 heteroatoms. The Morgan fingerprint density at radius 1 is 1.29 bits per heavy atom. The van der Waals surface area contributed by atoms with Gasteiger partial charge in [0.05, 0.1) is 6.54 Å². The molecule has 0 N–H and O–H groups in total. The molecule has 1 atom stereocenters. The largest absolute Gasteiger partial charge is 0.374 e. The third-order valence-electron chi connectivity index (χ3n) is 4.37. The molecule has 2 aromatic rings. The Morgan fingerprint density at radius 3 is 2.96 bits per heavy atom. The van der Waals surface area contributed by atoms with Gasteiger partial charge < -0.3 is 14.2 Å². The molecule has 0 saturated carbocycles. The minimum atomic E-state index is -0.144.